The van der Waals surface area contributed by atoms with E-state index in [2.05, 4.69) is 20.0 Å². The lowest BCUT2D eigenvalue weighted by Crippen LogP contribution is -2.42. The van der Waals surface area contributed by atoms with Crippen molar-refractivity contribution >= 4 is 26.5 Å². The number of aryl methyl sites for hydroxylation is 1. The second-order valence-electron chi connectivity index (χ2n) is 7.20. The number of sulfonamides is 1. The number of aromatic nitrogens is 2. The first-order chi connectivity index (χ1) is 12.7. The van der Waals surface area contributed by atoms with Crippen LogP contribution in [0, 0.1) is 12.9 Å². The summed E-state index contributed by atoms with van der Waals surface area (Å²) in [6.07, 6.45) is 4.88. The molecule has 148 valence electrons. The fraction of sp³-hybridized carbons (Fsp3) is 0.556. The molecule has 2 aromatic heterocycles. The predicted molar refractivity (Wildman–Crippen MR) is 107 cm³/mol. The molecule has 1 aliphatic rings. The lowest BCUT2D eigenvalue weighted by Gasteiger charge is -2.29. The fourth-order valence-corrected chi connectivity index (χ4v) is 5.03. The van der Waals surface area contributed by atoms with Crippen LogP contribution in [0.15, 0.2) is 18.3 Å². The molecule has 0 unspecified atom stereocenters. The van der Waals surface area contributed by atoms with Gasteiger partial charge in [-0.2, -0.15) is 4.39 Å². The van der Waals surface area contributed by atoms with E-state index in [0.717, 1.165) is 46.9 Å². The minimum atomic E-state index is -3.22. The van der Waals surface area contributed by atoms with Crippen molar-refractivity contribution in [1.29, 1.82) is 0 Å². The molecule has 1 aliphatic carbocycles. The van der Waals surface area contributed by atoms with E-state index in [-0.39, 0.29) is 12.1 Å². The lowest BCUT2D eigenvalue weighted by atomic mass is 9.92. The molecule has 1 saturated carbocycles. The number of anilines is 1. The van der Waals surface area contributed by atoms with Crippen LogP contribution in [-0.4, -0.2) is 35.7 Å². The summed E-state index contributed by atoms with van der Waals surface area (Å²) in [7, 11) is -3.22. The first-order valence-corrected chi connectivity index (χ1v) is 11.5. The van der Waals surface area contributed by atoms with Crippen molar-refractivity contribution in [2.75, 3.05) is 5.32 Å². The number of halogens is 1. The van der Waals surface area contributed by atoms with E-state index in [9.17, 15) is 12.8 Å². The molecule has 0 spiro atoms. The number of nitrogens with one attached hydrogen (secondary N) is 2. The maximum Gasteiger partial charge on any atom is 0.214 e. The summed E-state index contributed by atoms with van der Waals surface area (Å²) >= 11 is 1.57. The Morgan fingerprint density at radius 3 is 2.44 bits per heavy atom. The number of nitrogens with zero attached hydrogens (tertiary/aromatic N) is 2. The summed E-state index contributed by atoms with van der Waals surface area (Å²) in [5.74, 6) is -0.505. The summed E-state index contributed by atoms with van der Waals surface area (Å²) in [6.45, 7) is 5.36. The van der Waals surface area contributed by atoms with Crippen molar-refractivity contribution in [3.8, 4) is 11.3 Å². The standard InChI is InChI=1S/C18H25FN4O2S2/c1-11(2)27(24,25)23-15-7-5-14(6-8-15)21-18-22-17(12(3)26-18)13-4-9-16(19)20-10-13/h4,9-11,14-15,23H,5-8H2,1-3H3,(H,21,22). The summed E-state index contributed by atoms with van der Waals surface area (Å²) < 4.78 is 39.8. The van der Waals surface area contributed by atoms with Gasteiger partial charge >= 0.3 is 0 Å². The molecule has 0 aliphatic heterocycles. The molecule has 2 heterocycles. The quantitative estimate of drug-likeness (QED) is 0.707. The van der Waals surface area contributed by atoms with Crippen LogP contribution in [0.4, 0.5) is 9.52 Å². The topological polar surface area (TPSA) is 84.0 Å². The van der Waals surface area contributed by atoms with Crippen LogP contribution in [0.2, 0.25) is 0 Å². The largest absolute Gasteiger partial charge is 0.359 e. The van der Waals surface area contributed by atoms with Crippen molar-refractivity contribution in [2.45, 2.75) is 63.8 Å². The molecule has 0 amide bonds. The van der Waals surface area contributed by atoms with E-state index in [4.69, 9.17) is 0 Å². The van der Waals surface area contributed by atoms with Crippen molar-refractivity contribution in [2.24, 2.45) is 0 Å². The van der Waals surface area contributed by atoms with Gasteiger partial charge < -0.3 is 5.32 Å². The van der Waals surface area contributed by atoms with Gasteiger partial charge in [-0.15, -0.1) is 11.3 Å². The van der Waals surface area contributed by atoms with Crippen molar-refractivity contribution in [3.63, 3.8) is 0 Å². The van der Waals surface area contributed by atoms with Gasteiger partial charge in [0.2, 0.25) is 16.0 Å². The molecule has 0 atom stereocenters. The van der Waals surface area contributed by atoms with Crippen LogP contribution in [0.5, 0.6) is 0 Å². The molecule has 27 heavy (non-hydrogen) atoms. The highest BCUT2D eigenvalue weighted by molar-refractivity contribution is 7.90. The van der Waals surface area contributed by atoms with E-state index in [1.54, 1.807) is 31.3 Å². The third-order valence-electron chi connectivity index (χ3n) is 4.80. The Balaban J connectivity index is 1.58. The fourth-order valence-electron chi connectivity index (χ4n) is 3.14. The normalized spacial score (nSPS) is 20.8. The molecular formula is C18H25FN4O2S2. The minimum absolute atomic E-state index is 0.00864. The van der Waals surface area contributed by atoms with Crippen LogP contribution < -0.4 is 10.0 Å². The predicted octanol–water partition coefficient (Wildman–Crippen LogP) is 3.70. The van der Waals surface area contributed by atoms with Crippen LogP contribution in [0.1, 0.15) is 44.4 Å². The zero-order valence-electron chi connectivity index (χ0n) is 15.7. The van der Waals surface area contributed by atoms with Crippen LogP contribution in [0.3, 0.4) is 0 Å². The van der Waals surface area contributed by atoms with Crippen molar-refractivity contribution in [3.05, 3.63) is 29.2 Å². The van der Waals surface area contributed by atoms with E-state index in [0.29, 0.717) is 0 Å². The van der Waals surface area contributed by atoms with Crippen LogP contribution in [0.25, 0.3) is 11.3 Å². The second kappa shape index (κ2) is 8.20. The number of hydrogen-bond acceptors (Lipinski definition) is 6. The maximum absolute atomic E-state index is 13.0. The summed E-state index contributed by atoms with van der Waals surface area (Å²) in [5.41, 5.74) is 1.61. The molecule has 0 aromatic carbocycles. The van der Waals surface area contributed by atoms with E-state index in [1.165, 1.54) is 12.3 Å². The van der Waals surface area contributed by atoms with E-state index >= 15 is 0 Å². The lowest BCUT2D eigenvalue weighted by molar-refractivity contribution is 0.386. The molecule has 0 bridgehead atoms. The molecule has 3 rings (SSSR count). The number of hydrogen-bond donors (Lipinski definition) is 2. The average molecular weight is 413 g/mol. The van der Waals surface area contributed by atoms with Gasteiger partial charge in [0.05, 0.1) is 10.9 Å². The highest BCUT2D eigenvalue weighted by Gasteiger charge is 2.26. The number of thiazole rings is 1. The highest BCUT2D eigenvalue weighted by atomic mass is 32.2. The van der Waals surface area contributed by atoms with E-state index < -0.39 is 21.2 Å². The monoisotopic (exact) mass is 412 g/mol. The van der Waals surface area contributed by atoms with Gasteiger partial charge in [0.25, 0.3) is 0 Å². The summed E-state index contributed by atoms with van der Waals surface area (Å²) in [5, 5.41) is 3.89. The van der Waals surface area contributed by atoms with Gasteiger partial charge in [-0.25, -0.2) is 23.1 Å². The Bertz CT molecular complexity index is 873. The molecule has 0 radical (unpaired) electrons. The second-order valence-corrected chi connectivity index (χ2v) is 10.7. The Kier molecular flexibility index (Phi) is 6.12. The minimum Gasteiger partial charge on any atom is -0.359 e. The van der Waals surface area contributed by atoms with Gasteiger partial charge in [0.15, 0.2) is 5.13 Å². The highest BCUT2D eigenvalue weighted by Crippen LogP contribution is 2.32. The van der Waals surface area contributed by atoms with Crippen molar-refractivity contribution in [1.82, 2.24) is 14.7 Å². The average Bonchev–Trinajstić information content (AvgIpc) is 2.97. The molecule has 1 fully saturated rings. The van der Waals surface area contributed by atoms with Crippen molar-refractivity contribution < 1.29 is 12.8 Å². The smallest absolute Gasteiger partial charge is 0.214 e. The number of pyridine rings is 1. The molecule has 0 saturated heterocycles. The number of rotatable bonds is 6. The first-order valence-electron chi connectivity index (χ1n) is 9.11. The summed E-state index contributed by atoms with van der Waals surface area (Å²) in [6, 6.07) is 3.30. The summed E-state index contributed by atoms with van der Waals surface area (Å²) in [4.78, 5) is 9.38. The zero-order chi connectivity index (χ0) is 19.6. The van der Waals surface area contributed by atoms with Crippen LogP contribution >= 0.6 is 11.3 Å². The Morgan fingerprint density at radius 1 is 1.19 bits per heavy atom. The Labute approximate surface area is 163 Å². The Morgan fingerprint density at radius 2 is 1.85 bits per heavy atom. The van der Waals surface area contributed by atoms with Gasteiger partial charge in [0.1, 0.15) is 0 Å². The molecule has 6 nitrogen and oxygen atoms in total. The SMILES string of the molecule is Cc1sc(NC2CCC(NS(=O)(=O)C(C)C)CC2)nc1-c1ccc(F)nc1. The van der Waals surface area contributed by atoms with Crippen LogP contribution in [-0.2, 0) is 10.0 Å². The maximum atomic E-state index is 13.0. The van der Waals surface area contributed by atoms with Gasteiger partial charge in [-0.1, -0.05) is 0 Å². The molecule has 2 N–H and O–H groups in total. The first kappa shape index (κ1) is 20.2. The molecule has 9 heteroatoms. The molecular weight excluding hydrogens is 387 g/mol. The Hall–Kier alpha value is -1.58. The van der Waals surface area contributed by atoms with Gasteiger partial charge in [-0.05, 0) is 58.6 Å². The third kappa shape index (κ3) is 5.03. The third-order valence-corrected chi connectivity index (χ3v) is 7.61. The van der Waals surface area contributed by atoms with Gasteiger partial charge in [0, 0.05) is 28.7 Å². The molecule has 2 aromatic rings. The van der Waals surface area contributed by atoms with Gasteiger partial charge in [-0.3, -0.25) is 0 Å². The zero-order valence-corrected chi connectivity index (χ0v) is 17.3. The van der Waals surface area contributed by atoms with E-state index in [1.807, 2.05) is 6.92 Å².